The van der Waals surface area contributed by atoms with E-state index in [1.54, 1.807) is 0 Å². The Morgan fingerprint density at radius 2 is 2.04 bits per heavy atom. The summed E-state index contributed by atoms with van der Waals surface area (Å²) in [6, 6.07) is 10.2. The summed E-state index contributed by atoms with van der Waals surface area (Å²) >= 11 is 0. The van der Waals surface area contributed by atoms with Crippen LogP contribution in [0.3, 0.4) is 0 Å². The number of aliphatic hydroxyl groups excluding tert-OH is 1. The van der Waals surface area contributed by atoms with Crippen molar-refractivity contribution in [3.05, 3.63) is 64.4 Å². The first-order chi connectivity index (χ1) is 12.5. The molecule has 2 heterocycles. The van der Waals surface area contributed by atoms with Crippen molar-refractivity contribution in [3.63, 3.8) is 0 Å². The summed E-state index contributed by atoms with van der Waals surface area (Å²) < 4.78 is 7.29. The van der Waals surface area contributed by atoms with Crippen molar-refractivity contribution < 1.29 is 9.63 Å². The lowest BCUT2D eigenvalue weighted by atomic mass is 10.0. The molecule has 0 aliphatic rings. The van der Waals surface area contributed by atoms with Crippen LogP contribution in [0, 0.1) is 13.8 Å². The van der Waals surface area contributed by atoms with Gasteiger partial charge in [0.2, 0.25) is 0 Å². The molecule has 0 bridgehead atoms. The Bertz CT molecular complexity index is 952. The summed E-state index contributed by atoms with van der Waals surface area (Å²) in [6.45, 7) is 9.90. The smallest absolute Gasteiger partial charge is 0.177 e. The van der Waals surface area contributed by atoms with Crippen LogP contribution in [0.4, 0.5) is 5.82 Å². The maximum absolute atomic E-state index is 9.49. The number of aliphatic imine (C=N–C) groups is 1. The van der Waals surface area contributed by atoms with E-state index >= 15 is 0 Å². The maximum Gasteiger partial charge on any atom is 0.177 e. The van der Waals surface area contributed by atoms with Gasteiger partial charge < -0.3 is 14.2 Å². The van der Waals surface area contributed by atoms with E-state index in [1.807, 2.05) is 45.0 Å². The van der Waals surface area contributed by atoms with Gasteiger partial charge in [-0.2, -0.15) is 0 Å². The molecule has 0 aliphatic carbocycles. The minimum atomic E-state index is -0.198. The van der Waals surface area contributed by atoms with Gasteiger partial charge in [-0.1, -0.05) is 35.5 Å². The minimum absolute atomic E-state index is 0.198. The van der Waals surface area contributed by atoms with Crippen molar-refractivity contribution in [2.24, 2.45) is 4.99 Å². The van der Waals surface area contributed by atoms with E-state index in [1.165, 1.54) is 5.56 Å². The number of hydrogen-bond acceptors (Lipinski definition) is 5. The third-order valence-electron chi connectivity index (χ3n) is 4.34. The van der Waals surface area contributed by atoms with Crippen molar-refractivity contribution in [1.82, 2.24) is 14.7 Å². The van der Waals surface area contributed by atoms with E-state index in [2.05, 4.69) is 38.6 Å². The molecule has 0 spiro atoms. The van der Waals surface area contributed by atoms with Gasteiger partial charge in [-0.05, 0) is 44.7 Å². The molecule has 3 aromatic rings. The quantitative estimate of drug-likeness (QED) is 0.684. The van der Waals surface area contributed by atoms with Gasteiger partial charge in [0.1, 0.15) is 12.4 Å². The Morgan fingerprint density at radius 1 is 1.31 bits per heavy atom. The number of imidazole rings is 1. The normalized spacial score (nSPS) is 11.8. The Kier molecular flexibility index (Phi) is 5.14. The van der Waals surface area contributed by atoms with Crippen molar-refractivity contribution in [2.75, 3.05) is 0 Å². The molecule has 0 aliphatic heterocycles. The van der Waals surface area contributed by atoms with Crippen molar-refractivity contribution >= 4 is 24.2 Å². The summed E-state index contributed by atoms with van der Waals surface area (Å²) in [5, 5.41) is 13.4. The van der Waals surface area contributed by atoms with Crippen molar-refractivity contribution in [2.45, 2.75) is 33.9 Å². The molecule has 0 unspecified atom stereocenters. The average molecular weight is 350 g/mol. The number of aromatic nitrogens is 3. The van der Waals surface area contributed by atoms with Crippen LogP contribution in [0.5, 0.6) is 0 Å². The second-order valence-corrected chi connectivity index (χ2v) is 6.15. The third-order valence-corrected chi connectivity index (χ3v) is 4.34. The zero-order valence-corrected chi connectivity index (χ0v) is 15.2. The average Bonchev–Trinajstić information content (AvgIpc) is 3.16. The molecule has 1 aromatic carbocycles. The number of aliphatic hydroxyl groups is 1. The highest BCUT2D eigenvalue weighted by Gasteiger charge is 2.17. The van der Waals surface area contributed by atoms with Gasteiger partial charge in [0, 0.05) is 12.1 Å². The highest BCUT2D eigenvalue weighted by Crippen LogP contribution is 2.29. The molecule has 3 rings (SSSR count). The maximum atomic E-state index is 9.49. The van der Waals surface area contributed by atoms with Gasteiger partial charge in [0.25, 0.3) is 0 Å². The number of hydrogen-bond donors (Lipinski definition) is 1. The predicted octanol–water partition coefficient (Wildman–Crippen LogP) is 3.92. The summed E-state index contributed by atoms with van der Waals surface area (Å²) in [6.07, 6.45) is 1.99. The first-order valence-corrected chi connectivity index (χ1v) is 8.37. The molecule has 0 radical (unpaired) electrons. The van der Waals surface area contributed by atoms with Crippen LogP contribution in [-0.2, 0) is 13.2 Å². The van der Waals surface area contributed by atoms with E-state index in [9.17, 15) is 5.11 Å². The molecule has 0 atom stereocenters. The molecule has 1 N–H and O–H groups in total. The topological polar surface area (TPSA) is 76.4 Å². The molecule has 6 nitrogen and oxygen atoms in total. The van der Waals surface area contributed by atoms with Gasteiger partial charge in [-0.25, -0.2) is 9.98 Å². The standard InChI is InChI=1S/C20H22N4O2/c1-13(19-14(2)23-26-18(19)12-25)10-17-20(21-4)22-15(3)24(17)11-16-8-6-5-7-9-16/h5-10,25H,4,11-12H2,1-3H3/b13-10+. The SMILES string of the molecule is C=Nc1nc(C)n(Cc2ccccc2)c1/C=C(\C)c1c(C)noc1CO. The number of rotatable bonds is 6. The highest BCUT2D eigenvalue weighted by molar-refractivity contribution is 5.83. The Balaban J connectivity index is 2.09. The monoisotopic (exact) mass is 350 g/mol. The van der Waals surface area contributed by atoms with Crippen LogP contribution < -0.4 is 0 Å². The number of allylic oxidation sites excluding steroid dienone is 1. The first-order valence-electron chi connectivity index (χ1n) is 8.37. The predicted molar refractivity (Wildman–Crippen MR) is 102 cm³/mol. The van der Waals surface area contributed by atoms with E-state index in [0.717, 1.165) is 28.3 Å². The Morgan fingerprint density at radius 3 is 2.69 bits per heavy atom. The highest BCUT2D eigenvalue weighted by atomic mass is 16.5. The van der Waals surface area contributed by atoms with Gasteiger partial charge in [-0.15, -0.1) is 0 Å². The molecular formula is C20H22N4O2. The summed E-state index contributed by atoms with van der Waals surface area (Å²) in [7, 11) is 0. The molecule has 26 heavy (non-hydrogen) atoms. The van der Waals surface area contributed by atoms with E-state index in [0.29, 0.717) is 18.1 Å². The molecule has 134 valence electrons. The summed E-state index contributed by atoms with van der Waals surface area (Å²) in [5.41, 5.74) is 4.51. The van der Waals surface area contributed by atoms with Crippen LogP contribution in [0.1, 0.15) is 41.0 Å². The second kappa shape index (κ2) is 7.49. The number of nitrogens with zero attached hydrogens (tertiary/aromatic N) is 4. The van der Waals surface area contributed by atoms with Gasteiger partial charge in [-0.3, -0.25) is 0 Å². The van der Waals surface area contributed by atoms with Crippen LogP contribution in [-0.4, -0.2) is 26.5 Å². The third kappa shape index (κ3) is 3.36. The summed E-state index contributed by atoms with van der Waals surface area (Å²) in [4.78, 5) is 8.60. The van der Waals surface area contributed by atoms with Crippen molar-refractivity contribution in [3.8, 4) is 0 Å². The molecule has 0 saturated heterocycles. The lowest BCUT2D eigenvalue weighted by Gasteiger charge is -2.10. The first kappa shape index (κ1) is 17.8. The van der Waals surface area contributed by atoms with Crippen molar-refractivity contribution in [1.29, 1.82) is 0 Å². The zero-order chi connectivity index (χ0) is 18.7. The molecule has 6 heteroatoms. The minimum Gasteiger partial charge on any atom is -0.388 e. The largest absolute Gasteiger partial charge is 0.388 e. The van der Waals surface area contributed by atoms with Crippen LogP contribution in [0.15, 0.2) is 39.8 Å². The lowest BCUT2D eigenvalue weighted by molar-refractivity contribution is 0.228. The van der Waals surface area contributed by atoms with E-state index in [-0.39, 0.29) is 6.61 Å². The van der Waals surface area contributed by atoms with Crippen LogP contribution in [0.25, 0.3) is 11.6 Å². The van der Waals surface area contributed by atoms with Gasteiger partial charge in [0.05, 0.1) is 11.4 Å². The van der Waals surface area contributed by atoms with Crippen LogP contribution in [0.2, 0.25) is 0 Å². The zero-order valence-electron chi connectivity index (χ0n) is 15.2. The lowest BCUT2D eigenvalue weighted by Crippen LogP contribution is -2.04. The second-order valence-electron chi connectivity index (χ2n) is 6.15. The molecule has 2 aromatic heterocycles. The fraction of sp³-hybridized carbons (Fsp3) is 0.250. The van der Waals surface area contributed by atoms with E-state index in [4.69, 9.17) is 4.52 Å². The van der Waals surface area contributed by atoms with Gasteiger partial charge >= 0.3 is 0 Å². The molecule has 0 amide bonds. The number of aryl methyl sites for hydroxylation is 2. The van der Waals surface area contributed by atoms with Crippen LogP contribution >= 0.6 is 0 Å². The molecule has 0 saturated carbocycles. The molecule has 0 fully saturated rings. The summed E-state index contributed by atoms with van der Waals surface area (Å²) in [5.74, 6) is 1.90. The van der Waals surface area contributed by atoms with E-state index < -0.39 is 0 Å². The Labute approximate surface area is 152 Å². The number of benzene rings is 1. The molecular weight excluding hydrogens is 328 g/mol. The van der Waals surface area contributed by atoms with Gasteiger partial charge in [0.15, 0.2) is 11.6 Å². The fourth-order valence-corrected chi connectivity index (χ4v) is 3.10. The fourth-order valence-electron chi connectivity index (χ4n) is 3.10. The Hall–Kier alpha value is -2.99.